The highest BCUT2D eigenvalue weighted by Gasteiger charge is 2.18. The van der Waals surface area contributed by atoms with Crippen molar-refractivity contribution in [3.8, 4) is 6.07 Å². The molecule has 0 spiro atoms. The predicted molar refractivity (Wildman–Crippen MR) is 76.5 cm³/mol. The molecule has 1 atom stereocenters. The predicted octanol–water partition coefficient (Wildman–Crippen LogP) is 1.43. The maximum Gasteiger partial charge on any atom is 0.305 e. The number of hydrogen-bond donors (Lipinski definition) is 2. The van der Waals surface area contributed by atoms with Gasteiger partial charge in [-0.05, 0) is 18.9 Å². The number of rotatable bonds is 6. The Morgan fingerprint density at radius 2 is 2.14 bits per heavy atom. The number of amides is 1. The third-order valence-electron chi connectivity index (χ3n) is 2.62. The van der Waals surface area contributed by atoms with Crippen LogP contribution in [0.4, 0.5) is 11.5 Å². The number of nitrogens with zero attached hydrogens (tertiary/aromatic N) is 3. The number of aromatic nitrogens is 1. The van der Waals surface area contributed by atoms with Gasteiger partial charge in [-0.3, -0.25) is 14.9 Å². The van der Waals surface area contributed by atoms with Gasteiger partial charge in [0.15, 0.2) is 0 Å². The molecule has 0 aromatic carbocycles. The zero-order valence-corrected chi connectivity index (χ0v) is 12.1. The molecule has 8 heteroatoms. The Morgan fingerprint density at radius 3 is 2.67 bits per heavy atom. The molecule has 0 aliphatic rings. The maximum atomic E-state index is 11.8. The second kappa shape index (κ2) is 7.19. The van der Waals surface area contributed by atoms with Crippen LogP contribution in [0.2, 0.25) is 0 Å². The molecule has 0 saturated carbocycles. The summed E-state index contributed by atoms with van der Waals surface area (Å²) in [7, 11) is 0. The second-order valence-corrected chi connectivity index (χ2v) is 4.94. The van der Waals surface area contributed by atoms with Crippen molar-refractivity contribution in [1.29, 1.82) is 5.26 Å². The number of pyridine rings is 1. The van der Waals surface area contributed by atoms with Gasteiger partial charge >= 0.3 is 5.69 Å². The number of carbonyl (C=O) groups is 1. The topological polar surface area (TPSA) is 121 Å². The van der Waals surface area contributed by atoms with E-state index in [-0.39, 0.29) is 23.1 Å². The van der Waals surface area contributed by atoms with Crippen molar-refractivity contribution in [1.82, 2.24) is 10.3 Å². The van der Waals surface area contributed by atoms with E-state index in [2.05, 4.69) is 15.6 Å². The first-order valence-corrected chi connectivity index (χ1v) is 6.45. The van der Waals surface area contributed by atoms with Crippen molar-refractivity contribution < 1.29 is 9.72 Å². The first-order valence-electron chi connectivity index (χ1n) is 6.45. The van der Waals surface area contributed by atoms with E-state index in [1.165, 1.54) is 12.1 Å². The average molecular weight is 291 g/mol. The Labute approximate surface area is 122 Å². The van der Waals surface area contributed by atoms with E-state index in [4.69, 9.17) is 5.26 Å². The Bertz CT molecular complexity index is 580. The van der Waals surface area contributed by atoms with Crippen molar-refractivity contribution in [2.45, 2.75) is 26.8 Å². The molecule has 1 unspecified atom stereocenters. The first-order chi connectivity index (χ1) is 9.85. The molecule has 0 radical (unpaired) electrons. The molecule has 0 bridgehead atoms. The molecule has 1 heterocycles. The number of hydrogen-bond acceptors (Lipinski definition) is 6. The molecule has 1 rings (SSSR count). The minimum atomic E-state index is -0.673. The molecule has 1 amide bonds. The van der Waals surface area contributed by atoms with Gasteiger partial charge in [-0.25, -0.2) is 4.98 Å². The molecule has 0 aliphatic carbocycles. The molecule has 1 aromatic heterocycles. The molecule has 21 heavy (non-hydrogen) atoms. The van der Waals surface area contributed by atoms with Gasteiger partial charge in [0.2, 0.25) is 11.6 Å². The summed E-state index contributed by atoms with van der Waals surface area (Å²) >= 11 is 0. The lowest BCUT2D eigenvalue weighted by molar-refractivity contribution is -0.385. The lowest BCUT2D eigenvalue weighted by atomic mass is 10.2. The minimum absolute atomic E-state index is 0.206. The fourth-order valence-electron chi connectivity index (χ4n) is 1.51. The van der Waals surface area contributed by atoms with Crippen LogP contribution in [-0.4, -0.2) is 28.4 Å². The number of nitrogens with one attached hydrogen (secondary N) is 2. The summed E-state index contributed by atoms with van der Waals surface area (Å²) in [6.45, 7) is 6.16. The second-order valence-electron chi connectivity index (χ2n) is 4.94. The zero-order chi connectivity index (χ0) is 16.0. The lowest BCUT2D eigenvalue weighted by Gasteiger charge is -2.15. The van der Waals surface area contributed by atoms with Gasteiger partial charge in [0, 0.05) is 12.6 Å². The minimum Gasteiger partial charge on any atom is -0.359 e. The van der Waals surface area contributed by atoms with E-state index in [1.807, 2.05) is 13.8 Å². The van der Waals surface area contributed by atoms with E-state index in [1.54, 1.807) is 13.0 Å². The highest BCUT2D eigenvalue weighted by molar-refractivity contribution is 5.83. The van der Waals surface area contributed by atoms with Crippen LogP contribution in [0.3, 0.4) is 0 Å². The average Bonchev–Trinajstić information content (AvgIpc) is 2.43. The quantitative estimate of drug-likeness (QED) is 0.604. The molecule has 1 aromatic rings. The van der Waals surface area contributed by atoms with Crippen molar-refractivity contribution in [2.75, 3.05) is 11.9 Å². The van der Waals surface area contributed by atoms with Gasteiger partial charge in [0.1, 0.15) is 17.9 Å². The zero-order valence-electron chi connectivity index (χ0n) is 12.1. The summed E-state index contributed by atoms with van der Waals surface area (Å²) in [4.78, 5) is 25.7. The molecular formula is C13H17N5O3. The standard InChI is InChI=1S/C13H17N5O3/c1-8(2)7-15-13(19)9(3)16-12-5-4-11(18(20)21)10(6-14)17-12/h4-5,8-9H,7H2,1-3H3,(H,15,19)(H,16,17). The van der Waals surface area contributed by atoms with E-state index in [0.717, 1.165) is 0 Å². The third kappa shape index (κ3) is 4.72. The van der Waals surface area contributed by atoms with Crippen LogP contribution >= 0.6 is 0 Å². The Morgan fingerprint density at radius 1 is 1.48 bits per heavy atom. The van der Waals surface area contributed by atoms with Crippen LogP contribution in [0, 0.1) is 27.4 Å². The summed E-state index contributed by atoms with van der Waals surface area (Å²) in [6, 6.07) is 3.65. The molecule has 0 aliphatic heterocycles. The summed E-state index contributed by atoms with van der Waals surface area (Å²) in [5.74, 6) is 0.371. The van der Waals surface area contributed by atoms with Gasteiger partial charge in [0.25, 0.3) is 0 Å². The number of anilines is 1. The fourth-order valence-corrected chi connectivity index (χ4v) is 1.51. The van der Waals surface area contributed by atoms with Crippen molar-refractivity contribution in [2.24, 2.45) is 5.92 Å². The summed E-state index contributed by atoms with van der Waals surface area (Å²) in [6.07, 6.45) is 0. The molecular weight excluding hydrogens is 274 g/mol. The third-order valence-corrected chi connectivity index (χ3v) is 2.62. The summed E-state index contributed by atoms with van der Waals surface area (Å²) < 4.78 is 0. The number of carbonyl (C=O) groups excluding carboxylic acids is 1. The summed E-state index contributed by atoms with van der Waals surface area (Å²) in [5.41, 5.74) is -0.653. The van der Waals surface area contributed by atoms with E-state index < -0.39 is 11.0 Å². The van der Waals surface area contributed by atoms with E-state index in [0.29, 0.717) is 12.5 Å². The molecule has 0 saturated heterocycles. The van der Waals surface area contributed by atoms with Crippen LogP contribution in [0.1, 0.15) is 26.5 Å². The normalized spacial score (nSPS) is 11.6. The molecule has 2 N–H and O–H groups in total. The largest absolute Gasteiger partial charge is 0.359 e. The Hall–Kier alpha value is -2.69. The Balaban J connectivity index is 2.77. The highest BCUT2D eigenvalue weighted by Crippen LogP contribution is 2.18. The van der Waals surface area contributed by atoms with Crippen molar-refractivity contribution >= 4 is 17.4 Å². The monoisotopic (exact) mass is 291 g/mol. The molecule has 0 fully saturated rings. The van der Waals surface area contributed by atoms with Crippen molar-refractivity contribution in [3.63, 3.8) is 0 Å². The number of nitro groups is 1. The Kier molecular flexibility index (Phi) is 5.60. The van der Waals surface area contributed by atoms with Crippen LogP contribution in [-0.2, 0) is 4.79 Å². The first kappa shape index (κ1) is 16.4. The summed E-state index contributed by atoms with van der Waals surface area (Å²) in [5, 5.41) is 25.1. The van der Waals surface area contributed by atoms with Crippen LogP contribution < -0.4 is 10.6 Å². The van der Waals surface area contributed by atoms with Crippen molar-refractivity contribution in [3.05, 3.63) is 27.9 Å². The maximum absolute atomic E-state index is 11.8. The van der Waals surface area contributed by atoms with Gasteiger partial charge in [-0.2, -0.15) is 5.26 Å². The van der Waals surface area contributed by atoms with E-state index in [9.17, 15) is 14.9 Å². The van der Waals surface area contributed by atoms with Gasteiger partial charge in [-0.15, -0.1) is 0 Å². The molecule has 112 valence electrons. The SMILES string of the molecule is CC(C)CNC(=O)C(C)Nc1ccc([N+](=O)[O-])c(C#N)n1. The van der Waals surface area contributed by atoms with Gasteiger partial charge in [0.05, 0.1) is 4.92 Å². The lowest BCUT2D eigenvalue weighted by Crippen LogP contribution is -2.39. The van der Waals surface area contributed by atoms with Crippen LogP contribution in [0.5, 0.6) is 0 Å². The highest BCUT2D eigenvalue weighted by atomic mass is 16.6. The van der Waals surface area contributed by atoms with Crippen LogP contribution in [0.25, 0.3) is 0 Å². The smallest absolute Gasteiger partial charge is 0.305 e. The molecule has 8 nitrogen and oxygen atoms in total. The van der Waals surface area contributed by atoms with Gasteiger partial charge in [-0.1, -0.05) is 13.8 Å². The fraction of sp³-hybridized carbons (Fsp3) is 0.462. The number of nitriles is 1. The van der Waals surface area contributed by atoms with Crippen LogP contribution in [0.15, 0.2) is 12.1 Å². The van der Waals surface area contributed by atoms with E-state index >= 15 is 0 Å². The van der Waals surface area contributed by atoms with Gasteiger partial charge < -0.3 is 10.6 Å².